The van der Waals surface area contributed by atoms with Gasteiger partial charge in [-0.2, -0.15) is 0 Å². The molecule has 0 amide bonds. The van der Waals surface area contributed by atoms with Crippen molar-refractivity contribution >= 4 is 23.1 Å². The number of benzene rings is 2. The van der Waals surface area contributed by atoms with E-state index in [-0.39, 0.29) is 27.8 Å². The van der Waals surface area contributed by atoms with Gasteiger partial charge in [0.2, 0.25) is 0 Å². The molecule has 96 valence electrons. The lowest BCUT2D eigenvalue weighted by Crippen LogP contribution is -2.06. The lowest BCUT2D eigenvalue weighted by Gasteiger charge is -2.08. The Morgan fingerprint density at radius 3 is 2.53 bits per heavy atom. The van der Waals surface area contributed by atoms with Crippen LogP contribution in [0.3, 0.4) is 0 Å². The van der Waals surface area contributed by atoms with Crippen molar-refractivity contribution in [3.8, 4) is 5.75 Å². The number of nitrogen functional groups attached to an aromatic ring is 1. The first-order valence-electron chi connectivity index (χ1n) is 5.32. The molecular weight excluding hydrogens is 268 g/mol. The molecule has 0 aliphatic heterocycles. The molecule has 19 heavy (non-hydrogen) atoms. The molecule has 0 saturated carbocycles. The average Bonchev–Trinajstić information content (AvgIpc) is 2.43. The van der Waals surface area contributed by atoms with Crippen molar-refractivity contribution in [3.05, 3.63) is 63.5 Å². The predicted octanol–water partition coefficient (Wildman–Crippen LogP) is 3.21. The molecule has 0 heterocycles. The standard InChI is InChI=1S/C13H9ClN2O3/c14-9-6-10(12(15)11(7-9)19-16-18)13(17)8-4-2-1-3-5-8/h1-7H,15H2. The maximum absolute atomic E-state index is 12.3. The van der Waals surface area contributed by atoms with Crippen molar-refractivity contribution in [2.75, 3.05) is 5.73 Å². The molecule has 0 aliphatic carbocycles. The summed E-state index contributed by atoms with van der Waals surface area (Å²) in [5.74, 6) is -0.349. The van der Waals surface area contributed by atoms with Gasteiger partial charge >= 0.3 is 0 Å². The highest BCUT2D eigenvalue weighted by atomic mass is 35.5. The van der Waals surface area contributed by atoms with Crippen LogP contribution >= 0.6 is 11.6 Å². The lowest BCUT2D eigenvalue weighted by molar-refractivity contribution is 0.103. The molecule has 2 rings (SSSR count). The monoisotopic (exact) mass is 276 g/mol. The first kappa shape index (κ1) is 13.0. The molecule has 2 aromatic carbocycles. The molecule has 5 nitrogen and oxygen atoms in total. The zero-order chi connectivity index (χ0) is 13.8. The summed E-state index contributed by atoms with van der Waals surface area (Å²) in [4.78, 5) is 26.9. The Hall–Kier alpha value is -2.40. The van der Waals surface area contributed by atoms with Crippen LogP contribution in [0.15, 0.2) is 47.8 Å². The van der Waals surface area contributed by atoms with Crippen LogP contribution in [-0.4, -0.2) is 5.78 Å². The van der Waals surface area contributed by atoms with Gasteiger partial charge < -0.3 is 10.6 Å². The van der Waals surface area contributed by atoms with Crippen LogP contribution in [0.2, 0.25) is 5.02 Å². The Labute approximate surface area is 113 Å². The van der Waals surface area contributed by atoms with E-state index >= 15 is 0 Å². The van der Waals surface area contributed by atoms with Gasteiger partial charge in [0.25, 0.3) is 0 Å². The largest absolute Gasteiger partial charge is 0.395 e. The molecule has 0 aliphatic rings. The van der Waals surface area contributed by atoms with E-state index in [1.807, 2.05) is 0 Å². The zero-order valence-electron chi connectivity index (χ0n) is 9.67. The number of nitrogens with zero attached hydrogens (tertiary/aromatic N) is 1. The summed E-state index contributed by atoms with van der Waals surface area (Å²) in [6.45, 7) is 0. The summed E-state index contributed by atoms with van der Waals surface area (Å²) in [5.41, 5.74) is 6.42. The van der Waals surface area contributed by atoms with Gasteiger partial charge in [0.15, 0.2) is 16.9 Å². The van der Waals surface area contributed by atoms with Crippen LogP contribution in [0.4, 0.5) is 5.69 Å². The van der Waals surface area contributed by atoms with E-state index in [2.05, 4.69) is 10.2 Å². The molecule has 0 unspecified atom stereocenters. The number of halogens is 1. The van der Waals surface area contributed by atoms with Crippen molar-refractivity contribution in [2.45, 2.75) is 0 Å². The van der Waals surface area contributed by atoms with E-state index in [1.54, 1.807) is 30.3 Å². The Balaban J connectivity index is 2.50. The van der Waals surface area contributed by atoms with Crippen LogP contribution in [0.1, 0.15) is 15.9 Å². The maximum Gasteiger partial charge on any atom is 0.195 e. The van der Waals surface area contributed by atoms with Gasteiger partial charge in [0.1, 0.15) is 0 Å². The van der Waals surface area contributed by atoms with Crippen molar-refractivity contribution < 1.29 is 9.63 Å². The maximum atomic E-state index is 12.3. The topological polar surface area (TPSA) is 81.8 Å². The number of anilines is 1. The molecule has 0 spiro atoms. The third-order valence-corrected chi connectivity index (χ3v) is 2.74. The highest BCUT2D eigenvalue weighted by Crippen LogP contribution is 2.31. The summed E-state index contributed by atoms with van der Waals surface area (Å²) < 4.78 is 0. The Bertz CT molecular complexity index is 629. The molecular formula is C13H9ClN2O3. The Kier molecular flexibility index (Phi) is 3.77. The molecule has 0 saturated heterocycles. The number of carbonyl (C=O) groups excluding carboxylic acids is 1. The average molecular weight is 277 g/mol. The van der Waals surface area contributed by atoms with Crippen molar-refractivity contribution in [2.24, 2.45) is 5.34 Å². The highest BCUT2D eigenvalue weighted by Gasteiger charge is 2.17. The minimum Gasteiger partial charge on any atom is -0.395 e. The van der Waals surface area contributed by atoms with Crippen molar-refractivity contribution in [3.63, 3.8) is 0 Å². The fraction of sp³-hybridized carbons (Fsp3) is 0. The highest BCUT2D eigenvalue weighted by molar-refractivity contribution is 6.31. The zero-order valence-corrected chi connectivity index (χ0v) is 10.4. The van der Waals surface area contributed by atoms with E-state index < -0.39 is 0 Å². The Morgan fingerprint density at radius 1 is 1.21 bits per heavy atom. The van der Waals surface area contributed by atoms with Gasteiger partial charge in [-0.3, -0.25) is 4.79 Å². The summed E-state index contributed by atoms with van der Waals surface area (Å²) in [6, 6.07) is 11.3. The van der Waals surface area contributed by atoms with E-state index in [0.29, 0.717) is 5.56 Å². The van der Waals surface area contributed by atoms with Crippen molar-refractivity contribution in [1.82, 2.24) is 0 Å². The number of ketones is 1. The van der Waals surface area contributed by atoms with Crippen LogP contribution in [0.5, 0.6) is 5.75 Å². The number of hydrogen-bond donors (Lipinski definition) is 1. The Morgan fingerprint density at radius 2 is 1.89 bits per heavy atom. The number of nitrogens with two attached hydrogens (primary N) is 1. The normalized spacial score (nSPS) is 9.95. The third-order valence-electron chi connectivity index (χ3n) is 2.52. The summed E-state index contributed by atoms with van der Waals surface area (Å²) >= 11 is 5.86. The van der Waals surface area contributed by atoms with Gasteiger partial charge in [-0.05, 0) is 6.07 Å². The van der Waals surface area contributed by atoms with E-state index in [4.69, 9.17) is 17.3 Å². The van der Waals surface area contributed by atoms with Gasteiger partial charge in [0.05, 0.1) is 11.3 Å². The van der Waals surface area contributed by atoms with E-state index in [0.717, 1.165) is 0 Å². The lowest BCUT2D eigenvalue weighted by atomic mass is 10.0. The molecule has 0 bridgehead atoms. The summed E-state index contributed by atoms with van der Waals surface area (Å²) in [7, 11) is 0. The summed E-state index contributed by atoms with van der Waals surface area (Å²) in [5, 5.41) is 2.51. The van der Waals surface area contributed by atoms with Gasteiger partial charge in [-0.15, -0.1) is 4.91 Å². The van der Waals surface area contributed by atoms with Crippen LogP contribution < -0.4 is 10.6 Å². The minimum absolute atomic E-state index is 0.0258. The molecule has 6 heteroatoms. The van der Waals surface area contributed by atoms with Crippen LogP contribution in [0.25, 0.3) is 0 Å². The third kappa shape index (κ3) is 2.71. The molecule has 2 aromatic rings. The minimum atomic E-state index is -0.309. The molecule has 0 radical (unpaired) electrons. The van der Waals surface area contributed by atoms with Gasteiger partial charge in [0, 0.05) is 16.7 Å². The number of hydrogen-bond acceptors (Lipinski definition) is 5. The van der Waals surface area contributed by atoms with Crippen LogP contribution in [0, 0.1) is 4.91 Å². The smallest absolute Gasteiger partial charge is 0.195 e. The molecule has 0 atom stereocenters. The second kappa shape index (κ2) is 5.49. The predicted molar refractivity (Wildman–Crippen MR) is 72.2 cm³/mol. The fourth-order valence-corrected chi connectivity index (χ4v) is 1.85. The van der Waals surface area contributed by atoms with Crippen molar-refractivity contribution in [1.29, 1.82) is 0 Å². The molecule has 0 aromatic heterocycles. The van der Waals surface area contributed by atoms with E-state index in [9.17, 15) is 9.70 Å². The van der Waals surface area contributed by atoms with E-state index in [1.165, 1.54) is 12.1 Å². The second-order valence-electron chi connectivity index (χ2n) is 3.73. The number of rotatable bonds is 4. The van der Waals surface area contributed by atoms with Gasteiger partial charge in [-0.1, -0.05) is 41.9 Å². The first-order chi connectivity index (χ1) is 9.13. The second-order valence-corrected chi connectivity index (χ2v) is 4.16. The number of carbonyl (C=O) groups is 1. The quantitative estimate of drug-likeness (QED) is 0.402. The van der Waals surface area contributed by atoms with Crippen LogP contribution in [-0.2, 0) is 0 Å². The molecule has 2 N–H and O–H groups in total. The summed E-state index contributed by atoms with van der Waals surface area (Å²) in [6.07, 6.45) is 0. The van der Waals surface area contributed by atoms with Gasteiger partial charge in [-0.25, -0.2) is 0 Å². The first-order valence-corrected chi connectivity index (χ1v) is 5.69. The molecule has 0 fully saturated rings. The fourth-order valence-electron chi connectivity index (χ4n) is 1.64. The SMILES string of the molecule is Nc1c(ON=O)cc(Cl)cc1C(=O)c1ccccc1.